The summed E-state index contributed by atoms with van der Waals surface area (Å²) < 4.78 is 5.65. The maximum absolute atomic E-state index is 9.42. The Morgan fingerprint density at radius 3 is 2.26 bits per heavy atom. The van der Waals surface area contributed by atoms with Gasteiger partial charge in [0.2, 0.25) is 0 Å². The van der Waals surface area contributed by atoms with Crippen LogP contribution in [0.1, 0.15) is 5.56 Å². The van der Waals surface area contributed by atoms with Crippen LogP contribution in [0.4, 0.5) is 0 Å². The van der Waals surface area contributed by atoms with Gasteiger partial charge in [-0.25, -0.2) is 0 Å². The van der Waals surface area contributed by atoms with Crippen molar-refractivity contribution in [3.63, 3.8) is 0 Å². The van der Waals surface area contributed by atoms with Crippen LogP contribution in [0.5, 0.6) is 17.2 Å². The van der Waals surface area contributed by atoms with Gasteiger partial charge in [0.15, 0.2) is 6.10 Å². The third kappa shape index (κ3) is 3.68. The first-order valence-corrected chi connectivity index (χ1v) is 5.87. The fourth-order valence-electron chi connectivity index (χ4n) is 1.79. The van der Waals surface area contributed by atoms with Crippen molar-refractivity contribution >= 4 is 0 Å². The Bertz CT molecular complexity index is 564. The number of phenols is 2. The van der Waals surface area contributed by atoms with Gasteiger partial charge >= 0.3 is 0 Å². The van der Waals surface area contributed by atoms with E-state index >= 15 is 0 Å². The Balaban J connectivity index is 2.09. The van der Waals surface area contributed by atoms with Gasteiger partial charge in [-0.05, 0) is 29.8 Å². The van der Waals surface area contributed by atoms with E-state index in [0.29, 0.717) is 12.2 Å². The molecule has 1 unspecified atom stereocenters. The van der Waals surface area contributed by atoms with E-state index in [2.05, 4.69) is 5.92 Å². The average molecular weight is 254 g/mol. The molecule has 0 spiro atoms. The van der Waals surface area contributed by atoms with E-state index in [1.807, 2.05) is 30.3 Å². The molecule has 19 heavy (non-hydrogen) atoms. The summed E-state index contributed by atoms with van der Waals surface area (Å²) in [5.74, 6) is 3.25. The third-order valence-electron chi connectivity index (χ3n) is 2.59. The van der Waals surface area contributed by atoms with Crippen molar-refractivity contribution in [2.75, 3.05) is 0 Å². The van der Waals surface area contributed by atoms with Crippen LogP contribution in [0.3, 0.4) is 0 Å². The minimum Gasteiger partial charge on any atom is -0.508 e. The predicted molar refractivity (Wildman–Crippen MR) is 73.2 cm³/mol. The Morgan fingerprint density at radius 2 is 1.68 bits per heavy atom. The Labute approximate surface area is 112 Å². The van der Waals surface area contributed by atoms with Crippen LogP contribution in [0.25, 0.3) is 0 Å². The van der Waals surface area contributed by atoms with E-state index in [0.717, 1.165) is 5.56 Å². The molecule has 0 aromatic heterocycles. The van der Waals surface area contributed by atoms with Gasteiger partial charge < -0.3 is 14.9 Å². The summed E-state index contributed by atoms with van der Waals surface area (Å²) in [6, 6.07) is 13.6. The van der Waals surface area contributed by atoms with Crippen LogP contribution in [0.15, 0.2) is 48.5 Å². The molecule has 2 rings (SSSR count). The minimum atomic E-state index is -0.455. The number of hydrogen-bond acceptors (Lipinski definition) is 3. The molecule has 0 bridgehead atoms. The fraction of sp³-hybridized carbons (Fsp3) is 0.125. The molecule has 1 atom stereocenters. The normalized spacial score (nSPS) is 11.5. The van der Waals surface area contributed by atoms with E-state index in [1.54, 1.807) is 12.1 Å². The topological polar surface area (TPSA) is 49.7 Å². The largest absolute Gasteiger partial charge is 0.508 e. The number of terminal acetylenes is 1. The van der Waals surface area contributed by atoms with Crippen molar-refractivity contribution in [3.8, 4) is 29.6 Å². The van der Waals surface area contributed by atoms with Gasteiger partial charge in [-0.15, -0.1) is 6.42 Å². The molecule has 0 radical (unpaired) electrons. The molecule has 0 aliphatic heterocycles. The standard InChI is InChI=1S/C16H14O3/c1-2-15(19-16-6-4-3-5-7-16)10-12-8-13(17)11-14(18)9-12/h1,3-9,11,15,17-18H,10H2. The summed E-state index contributed by atoms with van der Waals surface area (Å²) in [7, 11) is 0. The highest BCUT2D eigenvalue weighted by Crippen LogP contribution is 2.22. The Kier molecular flexibility index (Phi) is 3.94. The van der Waals surface area contributed by atoms with Crippen LogP contribution in [-0.4, -0.2) is 16.3 Å². The average Bonchev–Trinajstić information content (AvgIpc) is 2.38. The first kappa shape index (κ1) is 12.8. The van der Waals surface area contributed by atoms with Crippen LogP contribution in [0, 0.1) is 12.3 Å². The number of benzene rings is 2. The molecule has 2 aromatic rings. The lowest BCUT2D eigenvalue weighted by molar-refractivity contribution is 0.259. The van der Waals surface area contributed by atoms with E-state index in [-0.39, 0.29) is 11.5 Å². The minimum absolute atomic E-state index is 0.00508. The fourth-order valence-corrected chi connectivity index (χ4v) is 1.79. The van der Waals surface area contributed by atoms with Crippen molar-refractivity contribution in [1.29, 1.82) is 0 Å². The van der Waals surface area contributed by atoms with Crippen molar-refractivity contribution in [3.05, 3.63) is 54.1 Å². The van der Waals surface area contributed by atoms with Crippen LogP contribution in [-0.2, 0) is 6.42 Å². The molecule has 3 nitrogen and oxygen atoms in total. The molecule has 0 aliphatic rings. The number of phenolic OH excluding ortho intramolecular Hbond substituents is 2. The second kappa shape index (κ2) is 5.83. The number of para-hydroxylation sites is 1. The van der Waals surface area contributed by atoms with Crippen molar-refractivity contribution < 1.29 is 14.9 Å². The zero-order valence-corrected chi connectivity index (χ0v) is 10.3. The van der Waals surface area contributed by atoms with Crippen LogP contribution in [0.2, 0.25) is 0 Å². The summed E-state index contributed by atoms with van der Waals surface area (Å²) in [5, 5.41) is 18.8. The maximum Gasteiger partial charge on any atom is 0.162 e. The number of ether oxygens (including phenoxy) is 1. The summed E-state index contributed by atoms with van der Waals surface area (Å²) in [4.78, 5) is 0. The van der Waals surface area contributed by atoms with Crippen LogP contribution < -0.4 is 4.74 Å². The molecular weight excluding hydrogens is 240 g/mol. The number of rotatable bonds is 4. The van der Waals surface area contributed by atoms with Crippen molar-refractivity contribution in [2.45, 2.75) is 12.5 Å². The molecule has 0 fully saturated rings. The smallest absolute Gasteiger partial charge is 0.162 e. The van der Waals surface area contributed by atoms with E-state index in [1.165, 1.54) is 6.07 Å². The SMILES string of the molecule is C#CC(Cc1cc(O)cc(O)c1)Oc1ccccc1. The number of hydrogen-bond donors (Lipinski definition) is 2. The van der Waals surface area contributed by atoms with Crippen molar-refractivity contribution in [2.24, 2.45) is 0 Å². The van der Waals surface area contributed by atoms with Gasteiger partial charge in [0, 0.05) is 12.5 Å². The zero-order valence-electron chi connectivity index (χ0n) is 10.3. The van der Waals surface area contributed by atoms with E-state index < -0.39 is 6.10 Å². The first-order valence-electron chi connectivity index (χ1n) is 5.87. The highest BCUT2D eigenvalue weighted by Gasteiger charge is 2.09. The lowest BCUT2D eigenvalue weighted by atomic mass is 10.1. The molecule has 2 aromatic carbocycles. The summed E-state index contributed by atoms with van der Waals surface area (Å²) in [6.07, 6.45) is 5.40. The van der Waals surface area contributed by atoms with Gasteiger partial charge in [-0.1, -0.05) is 24.1 Å². The second-order valence-corrected chi connectivity index (χ2v) is 4.15. The van der Waals surface area contributed by atoms with Gasteiger partial charge in [-0.3, -0.25) is 0 Å². The maximum atomic E-state index is 9.42. The molecule has 0 aliphatic carbocycles. The monoisotopic (exact) mass is 254 g/mol. The summed E-state index contributed by atoms with van der Waals surface area (Å²) in [5.41, 5.74) is 0.719. The third-order valence-corrected chi connectivity index (χ3v) is 2.59. The van der Waals surface area contributed by atoms with Gasteiger partial charge in [-0.2, -0.15) is 0 Å². The van der Waals surface area contributed by atoms with Crippen molar-refractivity contribution in [1.82, 2.24) is 0 Å². The highest BCUT2D eigenvalue weighted by molar-refractivity contribution is 5.37. The zero-order chi connectivity index (χ0) is 13.7. The Morgan fingerprint density at radius 1 is 1.05 bits per heavy atom. The Hall–Kier alpha value is -2.60. The molecule has 0 saturated heterocycles. The van der Waals surface area contributed by atoms with Crippen LogP contribution >= 0.6 is 0 Å². The summed E-state index contributed by atoms with van der Waals surface area (Å²) in [6.45, 7) is 0. The quantitative estimate of drug-likeness (QED) is 0.825. The lowest BCUT2D eigenvalue weighted by Gasteiger charge is -2.14. The summed E-state index contributed by atoms with van der Waals surface area (Å²) >= 11 is 0. The lowest BCUT2D eigenvalue weighted by Crippen LogP contribution is -2.17. The second-order valence-electron chi connectivity index (χ2n) is 4.15. The van der Waals surface area contributed by atoms with Gasteiger partial charge in [0.05, 0.1) is 0 Å². The van der Waals surface area contributed by atoms with E-state index in [4.69, 9.17) is 11.2 Å². The molecule has 2 N–H and O–H groups in total. The molecule has 3 heteroatoms. The van der Waals surface area contributed by atoms with Gasteiger partial charge in [0.25, 0.3) is 0 Å². The molecule has 0 saturated carbocycles. The predicted octanol–water partition coefficient (Wildman–Crippen LogP) is 2.72. The van der Waals surface area contributed by atoms with E-state index in [9.17, 15) is 10.2 Å². The van der Waals surface area contributed by atoms with Gasteiger partial charge in [0.1, 0.15) is 17.2 Å². The highest BCUT2D eigenvalue weighted by atomic mass is 16.5. The molecular formula is C16H14O3. The molecule has 0 heterocycles. The number of aromatic hydroxyl groups is 2. The first-order chi connectivity index (χ1) is 9.17. The molecule has 96 valence electrons. The molecule has 0 amide bonds.